The van der Waals surface area contributed by atoms with Gasteiger partial charge in [-0.05, 0) is 19.3 Å². The van der Waals surface area contributed by atoms with Crippen molar-refractivity contribution in [1.29, 1.82) is 0 Å². The molecule has 0 bridgehead atoms. The lowest BCUT2D eigenvalue weighted by Gasteiger charge is -2.25. The molecule has 0 saturated heterocycles. The van der Waals surface area contributed by atoms with Crippen molar-refractivity contribution in [3.05, 3.63) is 12.2 Å². The van der Waals surface area contributed by atoms with E-state index in [1.54, 1.807) is 6.08 Å². The van der Waals surface area contributed by atoms with Gasteiger partial charge in [-0.25, -0.2) is 4.57 Å². The SMILES string of the molecule is CCCCCCCCCCCCCCCCC/C=C/[C@@H](O)[C@H](COP(=O)(O)OCC[N+](C)(C)C)NC(=O)CCCCCCCCCCCCCCCCCCCCCCCCCCCCCCCCCC. The lowest BCUT2D eigenvalue weighted by Crippen LogP contribution is -2.45. The van der Waals surface area contributed by atoms with E-state index in [0.717, 1.165) is 32.1 Å². The number of amides is 1. The van der Waals surface area contributed by atoms with Gasteiger partial charge in [0.15, 0.2) is 0 Å². The zero-order valence-corrected chi connectivity index (χ0v) is 49.4. The van der Waals surface area contributed by atoms with Gasteiger partial charge in [-0.1, -0.05) is 315 Å². The normalized spacial score (nSPS) is 13.8. The van der Waals surface area contributed by atoms with Crippen LogP contribution >= 0.6 is 7.82 Å². The standard InChI is InChI=1S/C62H125N2O6P/c1-6-8-10-12-14-16-18-20-22-24-25-26-27-28-29-30-31-32-33-34-35-36-37-38-40-42-44-46-48-50-52-54-56-62(66)63-60(59-70-71(67,68)69-58-57-64(3,4)5)61(65)55-53-51-49-47-45-43-41-39-23-21-19-17-15-13-11-9-7-2/h53,55,60-61,65H,6-52,54,56-59H2,1-5H3,(H-,63,66,67,68)/p+1/b55-53+/t60-,61+/m0/s1. The van der Waals surface area contributed by atoms with Crippen molar-refractivity contribution >= 4 is 13.7 Å². The molecule has 0 rings (SSSR count). The average Bonchev–Trinajstić information content (AvgIpc) is 3.33. The fourth-order valence-corrected chi connectivity index (χ4v) is 10.5. The van der Waals surface area contributed by atoms with Gasteiger partial charge in [0.05, 0.1) is 39.9 Å². The average molecular weight is 1030 g/mol. The van der Waals surface area contributed by atoms with Crippen LogP contribution in [-0.2, 0) is 18.4 Å². The van der Waals surface area contributed by atoms with Gasteiger partial charge in [-0.2, -0.15) is 0 Å². The van der Waals surface area contributed by atoms with Crippen LogP contribution in [0.3, 0.4) is 0 Å². The Morgan fingerprint density at radius 3 is 1.04 bits per heavy atom. The highest BCUT2D eigenvalue weighted by molar-refractivity contribution is 7.47. The van der Waals surface area contributed by atoms with Gasteiger partial charge < -0.3 is 19.8 Å². The Bertz CT molecular complexity index is 1160. The molecule has 0 saturated carbocycles. The molecule has 0 aromatic rings. The van der Waals surface area contributed by atoms with Gasteiger partial charge >= 0.3 is 7.82 Å². The number of likely N-dealkylation sites (N-methyl/N-ethyl adjacent to an activating group) is 1. The van der Waals surface area contributed by atoms with Gasteiger partial charge in [0.2, 0.25) is 5.91 Å². The molecule has 0 radical (unpaired) electrons. The Kier molecular flexibility index (Phi) is 53.5. The Hall–Kier alpha value is -0.760. The minimum absolute atomic E-state index is 0.0652. The van der Waals surface area contributed by atoms with Gasteiger partial charge in [-0.15, -0.1) is 0 Å². The fourth-order valence-electron chi connectivity index (χ4n) is 9.81. The van der Waals surface area contributed by atoms with Crippen LogP contribution in [-0.4, -0.2) is 73.4 Å². The number of unbranched alkanes of at least 4 members (excludes halogenated alkanes) is 46. The van der Waals surface area contributed by atoms with Crippen molar-refractivity contribution in [1.82, 2.24) is 5.32 Å². The molecule has 1 unspecified atom stereocenters. The minimum atomic E-state index is -4.34. The summed E-state index contributed by atoms with van der Waals surface area (Å²) in [6.45, 7) is 4.87. The molecule has 0 aliphatic heterocycles. The maximum atomic E-state index is 13.0. The second-order valence-corrected chi connectivity index (χ2v) is 24.6. The Balaban J connectivity index is 4.00. The van der Waals surface area contributed by atoms with E-state index in [4.69, 9.17) is 9.05 Å². The van der Waals surface area contributed by atoms with E-state index in [1.165, 1.54) is 276 Å². The summed E-state index contributed by atoms with van der Waals surface area (Å²) >= 11 is 0. The summed E-state index contributed by atoms with van der Waals surface area (Å²) in [7, 11) is 1.59. The zero-order valence-electron chi connectivity index (χ0n) is 48.5. The first-order valence-corrected chi connectivity index (χ1v) is 33.1. The van der Waals surface area contributed by atoms with Crippen LogP contribution in [0.15, 0.2) is 12.2 Å². The van der Waals surface area contributed by atoms with E-state index < -0.39 is 20.0 Å². The maximum Gasteiger partial charge on any atom is 0.472 e. The van der Waals surface area contributed by atoms with Crippen LogP contribution in [0.2, 0.25) is 0 Å². The monoisotopic (exact) mass is 1030 g/mol. The number of aliphatic hydroxyl groups excluding tert-OH is 1. The summed E-state index contributed by atoms with van der Waals surface area (Å²) in [5, 5.41) is 14.0. The molecule has 3 atom stereocenters. The quantitative estimate of drug-likeness (QED) is 0.0243. The number of hydrogen-bond acceptors (Lipinski definition) is 5. The molecule has 0 aromatic carbocycles. The van der Waals surface area contributed by atoms with E-state index in [0.29, 0.717) is 17.4 Å². The number of nitrogens with zero attached hydrogens (tertiary/aromatic N) is 1. The first-order valence-electron chi connectivity index (χ1n) is 31.6. The third-order valence-corrected chi connectivity index (χ3v) is 15.7. The predicted octanol–water partition coefficient (Wildman–Crippen LogP) is 19.4. The minimum Gasteiger partial charge on any atom is -0.387 e. The van der Waals surface area contributed by atoms with Crippen molar-refractivity contribution < 1.29 is 32.9 Å². The summed E-state index contributed by atoms with van der Waals surface area (Å²) in [5.41, 5.74) is 0. The largest absolute Gasteiger partial charge is 0.472 e. The first kappa shape index (κ1) is 70.2. The van der Waals surface area contributed by atoms with Crippen LogP contribution in [0.25, 0.3) is 0 Å². The molecular formula is C62H126N2O6P+. The second kappa shape index (κ2) is 54.0. The number of carbonyl (C=O) groups excluding carboxylic acids is 1. The number of nitrogens with one attached hydrogen (secondary N) is 1. The van der Waals surface area contributed by atoms with Crippen molar-refractivity contribution in [3.63, 3.8) is 0 Å². The molecule has 0 aliphatic carbocycles. The number of rotatable bonds is 59. The van der Waals surface area contributed by atoms with E-state index in [-0.39, 0.29) is 19.1 Å². The smallest absolute Gasteiger partial charge is 0.387 e. The number of phosphoric acid groups is 1. The Morgan fingerprint density at radius 1 is 0.465 bits per heavy atom. The maximum absolute atomic E-state index is 13.0. The summed E-state index contributed by atoms with van der Waals surface area (Å²) < 4.78 is 23.7. The van der Waals surface area contributed by atoms with Crippen molar-refractivity contribution in [2.24, 2.45) is 0 Å². The number of allylic oxidation sites excluding steroid dienone is 1. The molecule has 424 valence electrons. The van der Waals surface area contributed by atoms with E-state index in [2.05, 4.69) is 19.2 Å². The van der Waals surface area contributed by atoms with E-state index in [9.17, 15) is 19.4 Å². The highest BCUT2D eigenvalue weighted by Gasteiger charge is 2.28. The van der Waals surface area contributed by atoms with Crippen molar-refractivity contribution in [2.45, 2.75) is 341 Å². The van der Waals surface area contributed by atoms with Gasteiger partial charge in [0, 0.05) is 6.42 Å². The number of aliphatic hydroxyl groups is 1. The molecule has 3 N–H and O–H groups in total. The van der Waals surface area contributed by atoms with Crippen LogP contribution < -0.4 is 5.32 Å². The second-order valence-electron chi connectivity index (χ2n) is 23.2. The number of carbonyl (C=O) groups is 1. The predicted molar refractivity (Wildman–Crippen MR) is 309 cm³/mol. The molecular weight excluding hydrogens is 900 g/mol. The lowest BCUT2D eigenvalue weighted by atomic mass is 10.0. The molecule has 0 aromatic heterocycles. The van der Waals surface area contributed by atoms with Crippen LogP contribution in [0.5, 0.6) is 0 Å². The van der Waals surface area contributed by atoms with Crippen LogP contribution in [0.1, 0.15) is 328 Å². The lowest BCUT2D eigenvalue weighted by molar-refractivity contribution is -0.870. The summed E-state index contributed by atoms with van der Waals surface area (Å²) in [5.74, 6) is -0.169. The summed E-state index contributed by atoms with van der Waals surface area (Å²) in [6, 6.07) is -0.842. The van der Waals surface area contributed by atoms with Crippen LogP contribution in [0.4, 0.5) is 0 Å². The third kappa shape index (κ3) is 56.8. The van der Waals surface area contributed by atoms with E-state index in [1.807, 2.05) is 27.2 Å². The number of quaternary nitrogens is 1. The zero-order chi connectivity index (χ0) is 52.0. The summed E-state index contributed by atoms with van der Waals surface area (Å²) in [6.07, 6.45) is 67.7. The fraction of sp³-hybridized carbons (Fsp3) is 0.952. The van der Waals surface area contributed by atoms with Gasteiger partial charge in [-0.3, -0.25) is 13.8 Å². The van der Waals surface area contributed by atoms with E-state index >= 15 is 0 Å². The first-order chi connectivity index (χ1) is 34.5. The van der Waals surface area contributed by atoms with Gasteiger partial charge in [0.1, 0.15) is 13.2 Å². The molecule has 0 spiro atoms. The molecule has 0 heterocycles. The van der Waals surface area contributed by atoms with Crippen molar-refractivity contribution in [3.8, 4) is 0 Å². The van der Waals surface area contributed by atoms with Crippen molar-refractivity contribution in [2.75, 3.05) is 40.9 Å². The Morgan fingerprint density at radius 2 is 0.746 bits per heavy atom. The molecule has 71 heavy (non-hydrogen) atoms. The molecule has 0 fully saturated rings. The molecule has 1 amide bonds. The molecule has 0 aliphatic rings. The number of phosphoric ester groups is 1. The summed E-state index contributed by atoms with van der Waals surface area (Å²) in [4.78, 5) is 23.3. The molecule has 9 heteroatoms. The highest BCUT2D eigenvalue weighted by atomic mass is 31.2. The highest BCUT2D eigenvalue weighted by Crippen LogP contribution is 2.43. The topological polar surface area (TPSA) is 105 Å². The Labute approximate surface area is 443 Å². The van der Waals surface area contributed by atoms with Gasteiger partial charge in [0.25, 0.3) is 0 Å². The van der Waals surface area contributed by atoms with Crippen LogP contribution in [0, 0.1) is 0 Å². The number of hydrogen-bond donors (Lipinski definition) is 3. The third-order valence-electron chi connectivity index (χ3n) is 14.8. The molecule has 8 nitrogen and oxygen atoms in total.